The topological polar surface area (TPSA) is 47.4 Å². The zero-order valence-corrected chi connectivity index (χ0v) is 14.4. The molecule has 1 aromatic carbocycles. The maximum Gasteiger partial charge on any atom is 0.274 e. The van der Waals surface area contributed by atoms with Gasteiger partial charge in [-0.1, -0.05) is 13.8 Å². The van der Waals surface area contributed by atoms with Crippen molar-refractivity contribution < 1.29 is 9.53 Å². The summed E-state index contributed by atoms with van der Waals surface area (Å²) < 4.78 is 6.97. The third-order valence-electron chi connectivity index (χ3n) is 3.70. The number of methoxy groups -OCH3 is 1. The molecule has 5 heteroatoms. The standard InChI is InChI=1S/C18H25N3O2/c1-5-11-20(12-6-2)18(22)17-13-14(3)21(19-17)15-7-9-16(23-4)10-8-15/h7-10,13H,5-6,11-12H2,1-4H3. The normalized spacial score (nSPS) is 10.6. The van der Waals surface area contributed by atoms with Gasteiger partial charge in [-0.2, -0.15) is 5.10 Å². The molecule has 1 heterocycles. The second-order valence-electron chi connectivity index (χ2n) is 5.57. The number of rotatable bonds is 7. The number of hydrogen-bond donors (Lipinski definition) is 0. The van der Waals surface area contributed by atoms with Crippen LogP contribution in [-0.2, 0) is 0 Å². The summed E-state index contributed by atoms with van der Waals surface area (Å²) in [6.07, 6.45) is 1.90. The summed E-state index contributed by atoms with van der Waals surface area (Å²) in [6.45, 7) is 7.65. The molecule has 5 nitrogen and oxygen atoms in total. The van der Waals surface area contributed by atoms with Crippen LogP contribution in [0.2, 0.25) is 0 Å². The molecule has 0 aliphatic carbocycles. The minimum Gasteiger partial charge on any atom is -0.497 e. The van der Waals surface area contributed by atoms with Crippen molar-refractivity contribution in [1.29, 1.82) is 0 Å². The highest BCUT2D eigenvalue weighted by atomic mass is 16.5. The zero-order valence-electron chi connectivity index (χ0n) is 14.4. The summed E-state index contributed by atoms with van der Waals surface area (Å²) in [7, 11) is 1.64. The Labute approximate surface area is 137 Å². The Hall–Kier alpha value is -2.30. The largest absolute Gasteiger partial charge is 0.497 e. The van der Waals surface area contributed by atoms with Gasteiger partial charge in [-0.15, -0.1) is 0 Å². The van der Waals surface area contributed by atoms with Gasteiger partial charge < -0.3 is 9.64 Å². The van der Waals surface area contributed by atoms with Gasteiger partial charge in [0, 0.05) is 18.8 Å². The van der Waals surface area contributed by atoms with Gasteiger partial charge in [0.2, 0.25) is 0 Å². The van der Waals surface area contributed by atoms with Crippen LogP contribution in [0.1, 0.15) is 42.9 Å². The van der Waals surface area contributed by atoms with Crippen molar-refractivity contribution in [2.24, 2.45) is 0 Å². The van der Waals surface area contributed by atoms with Crippen LogP contribution in [0.4, 0.5) is 0 Å². The van der Waals surface area contributed by atoms with Crippen molar-refractivity contribution >= 4 is 5.91 Å². The summed E-state index contributed by atoms with van der Waals surface area (Å²) in [5, 5.41) is 4.51. The van der Waals surface area contributed by atoms with Gasteiger partial charge >= 0.3 is 0 Å². The first-order valence-electron chi connectivity index (χ1n) is 8.11. The van der Waals surface area contributed by atoms with Gasteiger partial charge in [0.1, 0.15) is 5.75 Å². The van der Waals surface area contributed by atoms with Crippen LogP contribution in [0, 0.1) is 6.92 Å². The molecule has 0 unspecified atom stereocenters. The molecule has 1 amide bonds. The van der Waals surface area contributed by atoms with Crippen molar-refractivity contribution in [2.45, 2.75) is 33.6 Å². The first-order valence-corrected chi connectivity index (χ1v) is 8.11. The summed E-state index contributed by atoms with van der Waals surface area (Å²) in [5.74, 6) is 0.802. The number of hydrogen-bond acceptors (Lipinski definition) is 3. The van der Waals surface area contributed by atoms with E-state index in [0.717, 1.165) is 43.1 Å². The lowest BCUT2D eigenvalue weighted by molar-refractivity contribution is 0.0749. The number of aromatic nitrogens is 2. The Bertz CT molecular complexity index is 641. The van der Waals surface area contributed by atoms with E-state index in [-0.39, 0.29) is 5.91 Å². The van der Waals surface area contributed by atoms with Crippen molar-refractivity contribution in [2.75, 3.05) is 20.2 Å². The van der Waals surface area contributed by atoms with Gasteiger partial charge in [0.05, 0.1) is 12.8 Å². The Kier molecular flexibility index (Phi) is 5.79. The minimum atomic E-state index is 0.00376. The molecule has 2 rings (SSSR count). The third kappa shape index (κ3) is 3.92. The van der Waals surface area contributed by atoms with E-state index in [4.69, 9.17) is 4.74 Å². The van der Waals surface area contributed by atoms with Crippen LogP contribution >= 0.6 is 0 Å². The molecule has 0 bridgehead atoms. The molecule has 2 aromatic rings. The average Bonchev–Trinajstić information content (AvgIpc) is 2.96. The SMILES string of the molecule is CCCN(CCC)C(=O)c1cc(C)n(-c2ccc(OC)cc2)n1. The van der Waals surface area contributed by atoms with Gasteiger partial charge in [-0.3, -0.25) is 4.79 Å². The fraction of sp³-hybridized carbons (Fsp3) is 0.444. The van der Waals surface area contributed by atoms with Gasteiger partial charge in [0.25, 0.3) is 5.91 Å². The molecule has 0 atom stereocenters. The number of benzene rings is 1. The zero-order chi connectivity index (χ0) is 16.8. The lowest BCUT2D eigenvalue weighted by Gasteiger charge is -2.20. The highest BCUT2D eigenvalue weighted by Crippen LogP contribution is 2.17. The monoisotopic (exact) mass is 315 g/mol. The van der Waals surface area contributed by atoms with E-state index in [1.165, 1.54) is 0 Å². The quantitative estimate of drug-likeness (QED) is 0.786. The third-order valence-corrected chi connectivity index (χ3v) is 3.70. The Balaban J connectivity index is 2.27. The number of carbonyl (C=O) groups excluding carboxylic acids is 1. The summed E-state index contributed by atoms with van der Waals surface area (Å²) in [6, 6.07) is 9.49. The number of nitrogens with zero attached hydrogens (tertiary/aromatic N) is 3. The predicted octanol–water partition coefficient (Wildman–Crippen LogP) is 3.45. The van der Waals surface area contributed by atoms with Crippen LogP contribution in [0.5, 0.6) is 5.75 Å². The Morgan fingerprint density at radius 2 is 1.78 bits per heavy atom. The summed E-state index contributed by atoms with van der Waals surface area (Å²) >= 11 is 0. The second-order valence-corrected chi connectivity index (χ2v) is 5.57. The molecule has 1 aromatic heterocycles. The molecule has 0 saturated heterocycles. The molecule has 0 N–H and O–H groups in total. The lowest BCUT2D eigenvalue weighted by atomic mass is 10.3. The van der Waals surface area contributed by atoms with E-state index >= 15 is 0 Å². The van der Waals surface area contributed by atoms with Crippen molar-refractivity contribution in [3.63, 3.8) is 0 Å². The van der Waals surface area contributed by atoms with Crippen LogP contribution in [-0.4, -0.2) is 40.8 Å². The van der Waals surface area contributed by atoms with Gasteiger partial charge in [-0.25, -0.2) is 4.68 Å². The van der Waals surface area contributed by atoms with E-state index < -0.39 is 0 Å². The summed E-state index contributed by atoms with van der Waals surface area (Å²) in [5.41, 5.74) is 2.35. The average molecular weight is 315 g/mol. The number of carbonyl (C=O) groups is 1. The van der Waals surface area contributed by atoms with Crippen LogP contribution < -0.4 is 4.74 Å². The maximum absolute atomic E-state index is 12.7. The first kappa shape index (κ1) is 17.1. The molecular weight excluding hydrogens is 290 g/mol. The molecule has 0 aliphatic rings. The van der Waals surface area contributed by atoms with Crippen molar-refractivity contribution in [3.05, 3.63) is 41.7 Å². The minimum absolute atomic E-state index is 0.00376. The van der Waals surface area contributed by atoms with Crippen molar-refractivity contribution in [1.82, 2.24) is 14.7 Å². The Morgan fingerprint density at radius 1 is 1.17 bits per heavy atom. The van der Waals surface area contributed by atoms with E-state index in [0.29, 0.717) is 5.69 Å². The van der Waals surface area contributed by atoms with Crippen LogP contribution in [0.25, 0.3) is 5.69 Å². The number of amides is 1. The van der Waals surface area contributed by atoms with E-state index in [1.807, 2.05) is 42.2 Å². The molecule has 0 fully saturated rings. The van der Waals surface area contributed by atoms with Gasteiger partial charge in [-0.05, 0) is 50.1 Å². The highest BCUT2D eigenvalue weighted by Gasteiger charge is 2.19. The smallest absolute Gasteiger partial charge is 0.274 e. The molecule has 0 radical (unpaired) electrons. The fourth-order valence-corrected chi connectivity index (χ4v) is 2.58. The molecule has 124 valence electrons. The molecule has 0 saturated carbocycles. The Morgan fingerprint density at radius 3 is 2.30 bits per heavy atom. The highest BCUT2D eigenvalue weighted by molar-refractivity contribution is 5.92. The predicted molar refractivity (Wildman–Crippen MR) is 91.3 cm³/mol. The maximum atomic E-state index is 12.7. The second kappa shape index (κ2) is 7.81. The van der Waals surface area contributed by atoms with Gasteiger partial charge in [0.15, 0.2) is 5.69 Å². The van der Waals surface area contributed by atoms with Crippen LogP contribution in [0.15, 0.2) is 30.3 Å². The number of ether oxygens (including phenoxy) is 1. The van der Waals surface area contributed by atoms with E-state index in [1.54, 1.807) is 11.8 Å². The molecular formula is C18H25N3O2. The molecule has 23 heavy (non-hydrogen) atoms. The number of aryl methyl sites for hydroxylation is 1. The lowest BCUT2D eigenvalue weighted by Crippen LogP contribution is -2.32. The first-order chi connectivity index (χ1) is 11.1. The fourth-order valence-electron chi connectivity index (χ4n) is 2.58. The van der Waals surface area contributed by atoms with E-state index in [2.05, 4.69) is 18.9 Å². The van der Waals surface area contributed by atoms with Crippen molar-refractivity contribution in [3.8, 4) is 11.4 Å². The summed E-state index contributed by atoms with van der Waals surface area (Å²) in [4.78, 5) is 14.5. The van der Waals surface area contributed by atoms with E-state index in [9.17, 15) is 4.79 Å². The molecule has 0 aliphatic heterocycles. The molecule has 0 spiro atoms. The van der Waals surface area contributed by atoms with Crippen LogP contribution in [0.3, 0.4) is 0 Å².